The maximum atomic E-state index is 13.7. The molecule has 4 aliphatic rings. The van der Waals surface area contributed by atoms with Crippen LogP contribution in [0.15, 0.2) is 35.3 Å². The van der Waals surface area contributed by atoms with Crippen molar-refractivity contribution in [3.8, 4) is 6.07 Å². The van der Waals surface area contributed by atoms with Crippen molar-refractivity contribution in [2.75, 3.05) is 45.2 Å². The van der Waals surface area contributed by atoms with Gasteiger partial charge in [0.1, 0.15) is 36.8 Å². The number of benzene rings is 1. The van der Waals surface area contributed by atoms with E-state index < -0.39 is 63.7 Å². The zero-order valence-corrected chi connectivity index (χ0v) is 41.0. The summed E-state index contributed by atoms with van der Waals surface area (Å²) in [6.07, 6.45) is -1.37. The number of amides is 3. The van der Waals surface area contributed by atoms with E-state index in [9.17, 15) is 29.2 Å². The maximum Gasteiger partial charge on any atom is 0.307 e. The van der Waals surface area contributed by atoms with Crippen LogP contribution in [0.5, 0.6) is 0 Å². The Balaban J connectivity index is 0.975. The lowest BCUT2D eigenvalue weighted by Gasteiger charge is -2.36. The fourth-order valence-corrected chi connectivity index (χ4v) is 11.1. The van der Waals surface area contributed by atoms with E-state index in [-0.39, 0.29) is 81.1 Å². The molecule has 1 aromatic rings. The van der Waals surface area contributed by atoms with Crippen LogP contribution in [0.25, 0.3) is 0 Å². The molecule has 8 unspecified atom stereocenters. The first-order valence-electron chi connectivity index (χ1n) is 22.2. The van der Waals surface area contributed by atoms with Gasteiger partial charge in [0.2, 0.25) is 17.7 Å². The maximum absolute atomic E-state index is 13.7. The van der Waals surface area contributed by atoms with Crippen LogP contribution in [0.3, 0.4) is 0 Å². The molecule has 0 saturated carbocycles. The van der Waals surface area contributed by atoms with Crippen molar-refractivity contribution < 1.29 is 57.1 Å². The van der Waals surface area contributed by atoms with Crippen LogP contribution in [0.4, 0.5) is 0 Å². The number of nitrogens with zero attached hydrogens (tertiary/aromatic N) is 3. The number of likely N-dealkylation sites (tertiary alicyclic amines) is 1. The normalized spacial score (nSPS) is 25.7. The molecule has 3 amide bonds. The van der Waals surface area contributed by atoms with E-state index in [0.717, 1.165) is 10.5 Å². The molecule has 0 aromatic heterocycles. The number of Topliss-reactive ketones (excluding diaryl/α,β-unsaturated/α-hetero) is 1. The van der Waals surface area contributed by atoms with Crippen LogP contribution in [-0.4, -0.2) is 142 Å². The number of fused-ring (bicyclic) bond motifs is 3. The number of carbonyl (C=O) groups is 5. The minimum absolute atomic E-state index is 0.0185. The Labute approximate surface area is 400 Å². The van der Waals surface area contributed by atoms with Gasteiger partial charge in [-0.25, -0.2) is 0 Å². The summed E-state index contributed by atoms with van der Waals surface area (Å²) in [5.74, 6) is -3.01. The van der Waals surface area contributed by atoms with Crippen molar-refractivity contribution in [2.45, 2.75) is 145 Å². The number of aliphatic imine (C=N–C) groups is 1. The first-order chi connectivity index (χ1) is 31.1. The monoisotopic (exact) mass is 976 g/mol. The molecule has 1 aromatic carbocycles. The molecule has 5 rings (SSSR count). The highest BCUT2D eigenvalue weighted by Crippen LogP contribution is 2.45. The summed E-state index contributed by atoms with van der Waals surface area (Å²) in [4.78, 5) is 70.3. The predicted octanol–water partition coefficient (Wildman–Crippen LogP) is 3.89. The van der Waals surface area contributed by atoms with E-state index in [2.05, 4.69) is 16.4 Å². The smallest absolute Gasteiger partial charge is 0.307 e. The number of thioether (sulfide) groups is 2. The summed E-state index contributed by atoms with van der Waals surface area (Å²) in [6.45, 7) is 11.7. The van der Waals surface area contributed by atoms with Gasteiger partial charge in [0.15, 0.2) is 23.8 Å². The van der Waals surface area contributed by atoms with E-state index >= 15 is 0 Å². The quantitative estimate of drug-likeness (QED) is 0.0314. The summed E-state index contributed by atoms with van der Waals surface area (Å²) < 4.78 is 40.8. The molecular formula is C45H64N6O12S3. The molecule has 21 heteroatoms. The van der Waals surface area contributed by atoms with Crippen molar-refractivity contribution >= 4 is 75.4 Å². The Hall–Kier alpha value is -3.72. The lowest BCUT2D eigenvalue weighted by molar-refractivity contribution is -0.242. The second-order valence-corrected chi connectivity index (χ2v) is 21.6. The first kappa shape index (κ1) is 53.2. The number of nitrogens with two attached hydrogens (primary N) is 2. The van der Waals surface area contributed by atoms with E-state index in [1.807, 2.05) is 30.3 Å². The number of esters is 1. The molecule has 5 N–H and O–H groups in total. The summed E-state index contributed by atoms with van der Waals surface area (Å²) in [5, 5.41) is 12.7. The average Bonchev–Trinajstić information content (AvgIpc) is 3.86. The Morgan fingerprint density at radius 1 is 0.985 bits per heavy atom. The molecule has 4 saturated heterocycles. The van der Waals surface area contributed by atoms with Crippen molar-refractivity contribution in [2.24, 2.45) is 21.9 Å². The number of hydrogen-bond acceptors (Lipinski definition) is 17. The van der Waals surface area contributed by atoms with Gasteiger partial charge >= 0.3 is 5.97 Å². The number of hydrogen-bond donors (Lipinski definition) is 3. The minimum atomic E-state index is -1.12. The van der Waals surface area contributed by atoms with Gasteiger partial charge in [0.25, 0.3) is 0 Å². The zero-order valence-electron chi connectivity index (χ0n) is 38.6. The van der Waals surface area contributed by atoms with Crippen molar-refractivity contribution in [1.29, 1.82) is 5.26 Å². The Morgan fingerprint density at radius 2 is 1.68 bits per heavy atom. The summed E-state index contributed by atoms with van der Waals surface area (Å²) >= 11 is 8.26. The molecule has 364 valence electrons. The van der Waals surface area contributed by atoms with Gasteiger partial charge in [-0.2, -0.15) is 5.26 Å². The van der Waals surface area contributed by atoms with Crippen LogP contribution in [0.1, 0.15) is 98.5 Å². The fourth-order valence-electron chi connectivity index (χ4n) is 8.16. The Bertz CT molecular complexity index is 1980. The molecule has 4 fully saturated rings. The molecular weight excluding hydrogens is 913 g/mol. The number of nitriles is 1. The molecule has 66 heavy (non-hydrogen) atoms. The van der Waals surface area contributed by atoms with Crippen LogP contribution in [0.2, 0.25) is 0 Å². The van der Waals surface area contributed by atoms with E-state index in [0.29, 0.717) is 49.1 Å². The molecule has 0 spiro atoms. The van der Waals surface area contributed by atoms with E-state index in [4.69, 9.17) is 56.8 Å². The number of guanidine groups is 1. The highest BCUT2D eigenvalue weighted by molar-refractivity contribution is 8.25. The number of ether oxygens (including phenoxy) is 7. The largest absolute Gasteiger partial charge is 0.463 e. The average molecular weight is 977 g/mol. The second-order valence-electron chi connectivity index (χ2n) is 18.1. The Kier molecular flexibility index (Phi) is 19.0. The summed E-state index contributed by atoms with van der Waals surface area (Å²) in [6, 6.07) is 11.7. The molecule has 8 atom stereocenters. The highest BCUT2D eigenvalue weighted by atomic mass is 32.2. The summed E-state index contributed by atoms with van der Waals surface area (Å²) in [7, 11) is 0. The SMILES string of the molecule is CC(C#N)(CCC(=O)CCCOCCSC1CC(=O)N(CCC(=O)OCC2OC3OC(C)(C)OC3C3OC(C)(C)OC23)C1=O)CC(C)(SC(=S)c1ccccc1)C(=O)NCCCN=C(N)N. The number of imide groups is 1. The van der Waals surface area contributed by atoms with Crippen LogP contribution in [0, 0.1) is 16.7 Å². The van der Waals surface area contributed by atoms with Gasteiger partial charge in [-0.1, -0.05) is 54.3 Å². The van der Waals surface area contributed by atoms with Crippen LogP contribution >= 0.6 is 35.7 Å². The molecule has 0 radical (unpaired) electrons. The fraction of sp³-hybridized carbons (Fsp3) is 0.689. The van der Waals surface area contributed by atoms with Gasteiger partial charge in [-0.05, 0) is 72.8 Å². The third-order valence-corrected chi connectivity index (χ3v) is 14.2. The minimum Gasteiger partial charge on any atom is -0.463 e. The standard InChI is InChI=1S/C45H64N6O12S3/c1-42(2)60-34-30(59-38-36(35(34)61-42)62-43(3,4)63-38)25-58-33(54)16-20-51-32(53)24-31(37(51)55)65-23-22-57-21-10-14-29(52)15-17-44(5,27-46)26-45(6,40(56)49-18-11-19-50-41(47)48)66-39(64)28-12-8-7-9-13-28/h7-9,12-13,30-31,34-36,38H,10-11,14-26H2,1-6H3,(H,49,56)(H4,47,48,50). The Morgan fingerprint density at radius 3 is 2.39 bits per heavy atom. The zero-order chi connectivity index (χ0) is 48.3. The third kappa shape index (κ3) is 15.1. The number of rotatable bonds is 25. The molecule has 0 aliphatic carbocycles. The van der Waals surface area contributed by atoms with Gasteiger partial charge in [-0.3, -0.25) is 33.9 Å². The van der Waals surface area contributed by atoms with Crippen LogP contribution < -0.4 is 16.8 Å². The van der Waals surface area contributed by atoms with Crippen LogP contribution in [-0.2, 0) is 57.1 Å². The molecule has 4 aliphatic heterocycles. The predicted molar refractivity (Wildman–Crippen MR) is 251 cm³/mol. The number of thiocarbonyl (C=S) groups is 1. The molecule has 18 nitrogen and oxygen atoms in total. The lowest BCUT2D eigenvalue weighted by Crippen LogP contribution is -2.56. The topological polar surface area (TPSA) is 253 Å². The van der Waals surface area contributed by atoms with Crippen molar-refractivity contribution in [3.63, 3.8) is 0 Å². The lowest BCUT2D eigenvalue weighted by atomic mass is 9.77. The first-order valence-corrected chi connectivity index (χ1v) is 24.5. The van der Waals surface area contributed by atoms with Gasteiger partial charge < -0.3 is 49.9 Å². The van der Waals surface area contributed by atoms with Gasteiger partial charge in [0.05, 0.1) is 38.7 Å². The third-order valence-electron chi connectivity index (χ3n) is 11.4. The van der Waals surface area contributed by atoms with Crippen molar-refractivity contribution in [3.05, 3.63) is 35.9 Å². The van der Waals surface area contributed by atoms with Gasteiger partial charge in [0, 0.05) is 51.3 Å². The summed E-state index contributed by atoms with van der Waals surface area (Å²) in [5.41, 5.74) is 10.6. The molecule has 0 bridgehead atoms. The second kappa shape index (κ2) is 23.5. The van der Waals surface area contributed by atoms with Crippen molar-refractivity contribution in [1.82, 2.24) is 10.2 Å². The number of ketones is 1. The van der Waals surface area contributed by atoms with E-state index in [1.165, 1.54) is 23.5 Å². The van der Waals surface area contributed by atoms with E-state index in [1.54, 1.807) is 41.5 Å². The number of nitrogens with one attached hydrogen (secondary N) is 1. The van der Waals surface area contributed by atoms with Gasteiger partial charge in [-0.15, -0.1) is 11.8 Å². The number of carbonyl (C=O) groups excluding carboxylic acids is 5. The highest BCUT2D eigenvalue weighted by Gasteiger charge is 2.61. The molecule has 4 heterocycles.